The SMILES string of the molecule is CCC(NC(=O)c1nn2c(c1C)OCCC2)c1ccccc1. The maximum atomic E-state index is 12.6. The molecule has 116 valence electrons. The van der Waals surface area contributed by atoms with Crippen LogP contribution in [0.25, 0.3) is 0 Å². The lowest BCUT2D eigenvalue weighted by molar-refractivity contribution is 0.0929. The molecular weight excluding hydrogens is 278 g/mol. The van der Waals surface area contributed by atoms with Gasteiger partial charge in [0.15, 0.2) is 5.69 Å². The average Bonchev–Trinajstić information content (AvgIpc) is 2.91. The maximum absolute atomic E-state index is 12.6. The maximum Gasteiger partial charge on any atom is 0.272 e. The van der Waals surface area contributed by atoms with Crippen LogP contribution in [0.1, 0.15) is 47.4 Å². The highest BCUT2D eigenvalue weighted by atomic mass is 16.5. The van der Waals surface area contributed by atoms with Crippen LogP contribution in [0.4, 0.5) is 0 Å². The number of rotatable bonds is 4. The molecule has 0 radical (unpaired) electrons. The number of ether oxygens (including phenoxy) is 1. The number of nitrogens with zero attached hydrogens (tertiary/aromatic N) is 2. The summed E-state index contributed by atoms with van der Waals surface area (Å²) in [5.41, 5.74) is 2.39. The van der Waals surface area contributed by atoms with Gasteiger partial charge in [0.05, 0.1) is 12.6 Å². The van der Waals surface area contributed by atoms with Crippen LogP contribution in [0.5, 0.6) is 5.88 Å². The van der Waals surface area contributed by atoms with E-state index in [4.69, 9.17) is 4.74 Å². The van der Waals surface area contributed by atoms with Crippen molar-refractivity contribution in [3.63, 3.8) is 0 Å². The summed E-state index contributed by atoms with van der Waals surface area (Å²) in [6.07, 6.45) is 1.76. The minimum absolute atomic E-state index is 0.00672. The molecule has 1 atom stereocenters. The Kier molecular flexibility index (Phi) is 4.13. The lowest BCUT2D eigenvalue weighted by Crippen LogP contribution is -2.29. The second-order valence-corrected chi connectivity index (χ2v) is 5.55. The predicted molar refractivity (Wildman–Crippen MR) is 84.0 cm³/mol. The molecule has 0 bridgehead atoms. The van der Waals surface area contributed by atoms with E-state index in [0.29, 0.717) is 12.3 Å². The quantitative estimate of drug-likeness (QED) is 0.944. The molecule has 2 heterocycles. The summed E-state index contributed by atoms with van der Waals surface area (Å²) in [5, 5.41) is 7.49. The fourth-order valence-corrected chi connectivity index (χ4v) is 2.80. The lowest BCUT2D eigenvalue weighted by Gasteiger charge is -2.16. The van der Waals surface area contributed by atoms with Crippen molar-refractivity contribution < 1.29 is 9.53 Å². The molecule has 5 heteroatoms. The highest BCUT2D eigenvalue weighted by Crippen LogP contribution is 2.25. The first-order chi connectivity index (χ1) is 10.7. The molecule has 0 saturated carbocycles. The van der Waals surface area contributed by atoms with Gasteiger partial charge in [-0.3, -0.25) is 4.79 Å². The first-order valence-corrected chi connectivity index (χ1v) is 7.76. The largest absolute Gasteiger partial charge is 0.478 e. The van der Waals surface area contributed by atoms with Crippen LogP contribution in [0.3, 0.4) is 0 Å². The van der Waals surface area contributed by atoms with Crippen LogP contribution >= 0.6 is 0 Å². The van der Waals surface area contributed by atoms with Gasteiger partial charge in [0.25, 0.3) is 5.91 Å². The Labute approximate surface area is 130 Å². The van der Waals surface area contributed by atoms with E-state index in [1.807, 2.05) is 37.3 Å². The Morgan fingerprint density at radius 3 is 2.86 bits per heavy atom. The van der Waals surface area contributed by atoms with Crippen LogP contribution in [-0.4, -0.2) is 22.3 Å². The lowest BCUT2D eigenvalue weighted by atomic mass is 10.0. The number of carbonyl (C=O) groups excluding carboxylic acids is 1. The van der Waals surface area contributed by atoms with E-state index in [1.54, 1.807) is 4.68 Å². The molecule has 2 aromatic rings. The van der Waals surface area contributed by atoms with Crippen LogP contribution < -0.4 is 10.1 Å². The van der Waals surface area contributed by atoms with Crippen molar-refractivity contribution in [2.75, 3.05) is 6.61 Å². The molecule has 1 amide bonds. The van der Waals surface area contributed by atoms with Crippen molar-refractivity contribution in [1.82, 2.24) is 15.1 Å². The van der Waals surface area contributed by atoms with Gasteiger partial charge in [0.2, 0.25) is 5.88 Å². The van der Waals surface area contributed by atoms with E-state index in [0.717, 1.165) is 36.4 Å². The van der Waals surface area contributed by atoms with Gasteiger partial charge < -0.3 is 10.1 Å². The van der Waals surface area contributed by atoms with Gasteiger partial charge in [-0.05, 0) is 18.9 Å². The number of hydrogen-bond donors (Lipinski definition) is 1. The molecule has 0 aliphatic carbocycles. The summed E-state index contributed by atoms with van der Waals surface area (Å²) in [6, 6.07) is 10.00. The third-order valence-corrected chi connectivity index (χ3v) is 4.01. The summed E-state index contributed by atoms with van der Waals surface area (Å²) < 4.78 is 7.41. The van der Waals surface area contributed by atoms with Gasteiger partial charge in [0.1, 0.15) is 0 Å². The van der Waals surface area contributed by atoms with E-state index >= 15 is 0 Å². The molecule has 1 unspecified atom stereocenters. The van der Waals surface area contributed by atoms with E-state index in [9.17, 15) is 4.79 Å². The normalized spacial score (nSPS) is 14.8. The zero-order valence-electron chi connectivity index (χ0n) is 13.0. The second-order valence-electron chi connectivity index (χ2n) is 5.55. The topological polar surface area (TPSA) is 56.2 Å². The van der Waals surface area contributed by atoms with Crippen molar-refractivity contribution >= 4 is 5.91 Å². The molecular formula is C17H21N3O2. The van der Waals surface area contributed by atoms with E-state index < -0.39 is 0 Å². The minimum Gasteiger partial charge on any atom is -0.478 e. The molecule has 22 heavy (non-hydrogen) atoms. The van der Waals surface area contributed by atoms with Gasteiger partial charge in [-0.25, -0.2) is 4.68 Å². The molecule has 1 N–H and O–H groups in total. The van der Waals surface area contributed by atoms with Crippen LogP contribution in [-0.2, 0) is 6.54 Å². The summed E-state index contributed by atoms with van der Waals surface area (Å²) in [5.74, 6) is 0.586. The second kappa shape index (κ2) is 6.22. The Hall–Kier alpha value is -2.30. The number of hydrogen-bond acceptors (Lipinski definition) is 3. The fourth-order valence-electron chi connectivity index (χ4n) is 2.80. The molecule has 0 spiro atoms. The summed E-state index contributed by atoms with van der Waals surface area (Å²) in [7, 11) is 0. The highest BCUT2D eigenvalue weighted by molar-refractivity contribution is 5.94. The number of fused-ring (bicyclic) bond motifs is 1. The van der Waals surface area contributed by atoms with Gasteiger partial charge in [-0.15, -0.1) is 0 Å². The molecule has 1 aromatic heterocycles. The van der Waals surface area contributed by atoms with Crippen LogP contribution in [0, 0.1) is 6.92 Å². The van der Waals surface area contributed by atoms with E-state index in [2.05, 4.69) is 17.3 Å². The van der Waals surface area contributed by atoms with Gasteiger partial charge in [0, 0.05) is 18.5 Å². The Morgan fingerprint density at radius 2 is 2.18 bits per heavy atom. The monoisotopic (exact) mass is 299 g/mol. The van der Waals surface area contributed by atoms with Gasteiger partial charge >= 0.3 is 0 Å². The van der Waals surface area contributed by atoms with Crippen LogP contribution in [0.2, 0.25) is 0 Å². The third-order valence-electron chi connectivity index (χ3n) is 4.01. The summed E-state index contributed by atoms with van der Waals surface area (Å²) in [6.45, 7) is 5.45. The minimum atomic E-state index is -0.140. The standard InChI is InChI=1S/C17H21N3O2/c1-3-14(13-8-5-4-6-9-13)18-16(21)15-12(2)17-20(19-15)10-7-11-22-17/h4-6,8-9,14H,3,7,10-11H2,1-2H3,(H,18,21). The molecule has 1 aromatic carbocycles. The first-order valence-electron chi connectivity index (χ1n) is 7.76. The molecule has 5 nitrogen and oxygen atoms in total. The van der Waals surface area contributed by atoms with E-state index in [1.165, 1.54) is 0 Å². The molecule has 0 fully saturated rings. The van der Waals surface area contributed by atoms with Crippen molar-refractivity contribution in [1.29, 1.82) is 0 Å². The van der Waals surface area contributed by atoms with Crippen molar-refractivity contribution in [2.24, 2.45) is 0 Å². The van der Waals surface area contributed by atoms with Crippen molar-refractivity contribution in [2.45, 2.75) is 39.3 Å². The summed E-state index contributed by atoms with van der Waals surface area (Å²) >= 11 is 0. The molecule has 3 rings (SSSR count). The average molecular weight is 299 g/mol. The Bertz CT molecular complexity index is 664. The van der Waals surface area contributed by atoms with Crippen molar-refractivity contribution in [3.8, 4) is 5.88 Å². The van der Waals surface area contributed by atoms with Crippen LogP contribution in [0.15, 0.2) is 30.3 Å². The number of benzene rings is 1. The zero-order chi connectivity index (χ0) is 15.5. The Morgan fingerprint density at radius 1 is 1.41 bits per heavy atom. The number of nitrogens with one attached hydrogen (secondary N) is 1. The highest BCUT2D eigenvalue weighted by Gasteiger charge is 2.24. The predicted octanol–water partition coefficient (Wildman–Crippen LogP) is 2.86. The third kappa shape index (κ3) is 2.71. The Balaban J connectivity index is 1.81. The van der Waals surface area contributed by atoms with Crippen molar-refractivity contribution in [3.05, 3.63) is 47.2 Å². The van der Waals surface area contributed by atoms with E-state index in [-0.39, 0.29) is 11.9 Å². The van der Waals surface area contributed by atoms with Gasteiger partial charge in [-0.2, -0.15) is 5.10 Å². The zero-order valence-corrected chi connectivity index (χ0v) is 13.0. The molecule has 1 aliphatic heterocycles. The molecule has 1 aliphatic rings. The number of aryl methyl sites for hydroxylation is 1. The number of aromatic nitrogens is 2. The smallest absolute Gasteiger partial charge is 0.272 e. The summed E-state index contributed by atoms with van der Waals surface area (Å²) in [4.78, 5) is 12.6. The fraction of sp³-hybridized carbons (Fsp3) is 0.412. The number of carbonyl (C=O) groups is 1. The first kappa shape index (κ1) is 14.6. The number of amides is 1. The van der Waals surface area contributed by atoms with Gasteiger partial charge in [-0.1, -0.05) is 37.3 Å². The molecule has 0 saturated heterocycles.